The van der Waals surface area contributed by atoms with Crippen molar-refractivity contribution in [2.75, 3.05) is 0 Å². The van der Waals surface area contributed by atoms with Gasteiger partial charge in [-0.1, -0.05) is 44.2 Å². The van der Waals surface area contributed by atoms with E-state index in [1.807, 2.05) is 55.1 Å². The summed E-state index contributed by atoms with van der Waals surface area (Å²) in [5.41, 5.74) is 2.05. The molecule has 1 atom stereocenters. The minimum absolute atomic E-state index is 0.0697. The lowest BCUT2D eigenvalue weighted by Gasteiger charge is -2.21. The van der Waals surface area contributed by atoms with E-state index in [1.165, 1.54) is 6.26 Å². The van der Waals surface area contributed by atoms with E-state index in [4.69, 9.17) is 4.42 Å². The Morgan fingerprint density at radius 2 is 1.89 bits per heavy atom. The summed E-state index contributed by atoms with van der Waals surface area (Å²) in [5.74, 6) is -0.541. The lowest BCUT2D eigenvalue weighted by molar-refractivity contribution is -0.124. The topological polar surface area (TPSA) is 89.2 Å². The number of carbonyl (C=O) groups is 2. The number of carbonyl (C=O) groups excluding carboxylic acids is 2. The van der Waals surface area contributed by atoms with Gasteiger partial charge in [-0.3, -0.25) is 14.3 Å². The Bertz CT molecular complexity index is 901. The molecule has 0 radical (unpaired) electrons. The summed E-state index contributed by atoms with van der Waals surface area (Å²) >= 11 is 0. The highest BCUT2D eigenvalue weighted by Gasteiger charge is 2.25. The van der Waals surface area contributed by atoms with Crippen LogP contribution in [0.3, 0.4) is 0 Å². The second-order valence-electron chi connectivity index (χ2n) is 6.92. The molecule has 0 saturated heterocycles. The van der Waals surface area contributed by atoms with Gasteiger partial charge in [-0.25, -0.2) is 0 Å². The SMILES string of the molecule is CC(C)C(NC(=O)c1ccco1)C(=O)NCc1cnn(Cc2ccccc2)c1. The van der Waals surface area contributed by atoms with Crippen LogP contribution in [0.2, 0.25) is 0 Å². The van der Waals surface area contributed by atoms with Crippen LogP contribution in [-0.4, -0.2) is 27.6 Å². The number of nitrogens with zero attached hydrogens (tertiary/aromatic N) is 2. The molecule has 0 aliphatic rings. The molecular weight excluding hydrogens is 356 g/mol. The minimum atomic E-state index is -0.656. The number of rotatable bonds is 8. The molecular formula is C21H24N4O3. The summed E-state index contributed by atoms with van der Waals surface area (Å²) in [6, 6.07) is 12.6. The van der Waals surface area contributed by atoms with Crippen molar-refractivity contribution in [2.45, 2.75) is 33.0 Å². The zero-order valence-corrected chi connectivity index (χ0v) is 16.0. The van der Waals surface area contributed by atoms with E-state index in [9.17, 15) is 9.59 Å². The maximum Gasteiger partial charge on any atom is 0.287 e. The van der Waals surface area contributed by atoms with Gasteiger partial charge in [0.25, 0.3) is 5.91 Å². The van der Waals surface area contributed by atoms with Crippen molar-refractivity contribution in [2.24, 2.45) is 5.92 Å². The van der Waals surface area contributed by atoms with Gasteiger partial charge in [0.2, 0.25) is 5.91 Å². The number of hydrogen-bond acceptors (Lipinski definition) is 4. The van der Waals surface area contributed by atoms with Crippen molar-refractivity contribution in [3.8, 4) is 0 Å². The third kappa shape index (κ3) is 5.09. The van der Waals surface area contributed by atoms with E-state index in [-0.39, 0.29) is 17.6 Å². The largest absolute Gasteiger partial charge is 0.459 e. The second kappa shape index (κ2) is 9.03. The fraction of sp³-hybridized carbons (Fsp3) is 0.286. The molecule has 28 heavy (non-hydrogen) atoms. The molecule has 0 aliphatic heterocycles. The third-order valence-electron chi connectivity index (χ3n) is 4.32. The molecule has 0 bridgehead atoms. The highest BCUT2D eigenvalue weighted by Crippen LogP contribution is 2.07. The van der Waals surface area contributed by atoms with Gasteiger partial charge in [0.15, 0.2) is 5.76 Å². The summed E-state index contributed by atoms with van der Waals surface area (Å²) in [6.07, 6.45) is 5.06. The monoisotopic (exact) mass is 380 g/mol. The average molecular weight is 380 g/mol. The first-order valence-electron chi connectivity index (χ1n) is 9.20. The zero-order chi connectivity index (χ0) is 19.9. The van der Waals surface area contributed by atoms with Gasteiger partial charge in [-0.15, -0.1) is 0 Å². The molecule has 3 aromatic rings. The van der Waals surface area contributed by atoms with Gasteiger partial charge in [0.1, 0.15) is 6.04 Å². The smallest absolute Gasteiger partial charge is 0.287 e. The third-order valence-corrected chi connectivity index (χ3v) is 4.32. The number of benzene rings is 1. The zero-order valence-electron chi connectivity index (χ0n) is 16.0. The van der Waals surface area contributed by atoms with E-state index >= 15 is 0 Å². The van der Waals surface area contributed by atoms with E-state index in [2.05, 4.69) is 15.7 Å². The van der Waals surface area contributed by atoms with Gasteiger partial charge in [0, 0.05) is 18.3 Å². The van der Waals surface area contributed by atoms with Crippen molar-refractivity contribution >= 4 is 11.8 Å². The van der Waals surface area contributed by atoms with Crippen LogP contribution in [0.25, 0.3) is 0 Å². The summed E-state index contributed by atoms with van der Waals surface area (Å²) in [5, 5.41) is 9.93. The lowest BCUT2D eigenvalue weighted by atomic mass is 10.0. The molecule has 1 aromatic carbocycles. The first-order valence-corrected chi connectivity index (χ1v) is 9.20. The molecule has 7 heteroatoms. The number of nitrogens with one attached hydrogen (secondary N) is 2. The first-order chi connectivity index (χ1) is 13.5. The molecule has 0 aliphatic carbocycles. The summed E-state index contributed by atoms with van der Waals surface area (Å²) in [6.45, 7) is 4.77. The van der Waals surface area contributed by atoms with Gasteiger partial charge in [0.05, 0.1) is 19.0 Å². The van der Waals surface area contributed by atoms with Gasteiger partial charge < -0.3 is 15.1 Å². The van der Waals surface area contributed by atoms with E-state index in [1.54, 1.807) is 18.3 Å². The van der Waals surface area contributed by atoms with Crippen molar-refractivity contribution in [1.29, 1.82) is 0 Å². The van der Waals surface area contributed by atoms with Gasteiger partial charge >= 0.3 is 0 Å². The highest BCUT2D eigenvalue weighted by atomic mass is 16.3. The Hall–Kier alpha value is -3.35. The summed E-state index contributed by atoms with van der Waals surface area (Å²) < 4.78 is 6.91. The Morgan fingerprint density at radius 1 is 1.11 bits per heavy atom. The second-order valence-corrected chi connectivity index (χ2v) is 6.92. The molecule has 2 N–H and O–H groups in total. The van der Waals surface area contributed by atoms with Crippen LogP contribution in [0.5, 0.6) is 0 Å². The minimum Gasteiger partial charge on any atom is -0.459 e. The summed E-state index contributed by atoms with van der Waals surface area (Å²) in [7, 11) is 0. The number of hydrogen-bond donors (Lipinski definition) is 2. The molecule has 3 rings (SSSR count). The Balaban J connectivity index is 1.55. The van der Waals surface area contributed by atoms with Crippen LogP contribution in [0, 0.1) is 5.92 Å². The van der Waals surface area contributed by atoms with Crippen molar-refractivity contribution in [3.05, 3.63) is 78.0 Å². The summed E-state index contributed by atoms with van der Waals surface area (Å²) in [4.78, 5) is 24.8. The van der Waals surface area contributed by atoms with E-state index in [0.717, 1.165) is 11.1 Å². The maximum atomic E-state index is 12.6. The molecule has 2 heterocycles. The van der Waals surface area contributed by atoms with Crippen molar-refractivity contribution < 1.29 is 14.0 Å². The fourth-order valence-electron chi connectivity index (χ4n) is 2.81. The Labute approximate surface area is 163 Å². The van der Waals surface area contributed by atoms with Gasteiger partial charge in [-0.2, -0.15) is 5.10 Å². The first kappa shape index (κ1) is 19.4. The van der Waals surface area contributed by atoms with Crippen molar-refractivity contribution in [3.63, 3.8) is 0 Å². The molecule has 7 nitrogen and oxygen atoms in total. The quantitative estimate of drug-likeness (QED) is 0.629. The highest BCUT2D eigenvalue weighted by molar-refractivity contribution is 5.95. The molecule has 0 saturated carbocycles. The molecule has 2 amide bonds. The lowest BCUT2D eigenvalue weighted by Crippen LogP contribution is -2.49. The maximum absolute atomic E-state index is 12.6. The molecule has 146 valence electrons. The Morgan fingerprint density at radius 3 is 2.57 bits per heavy atom. The molecule has 2 aromatic heterocycles. The van der Waals surface area contributed by atoms with Crippen LogP contribution in [0.1, 0.15) is 35.5 Å². The fourth-order valence-corrected chi connectivity index (χ4v) is 2.81. The Kier molecular flexibility index (Phi) is 6.26. The van der Waals surface area contributed by atoms with Crippen LogP contribution < -0.4 is 10.6 Å². The molecule has 0 spiro atoms. The van der Waals surface area contributed by atoms with Gasteiger partial charge in [-0.05, 0) is 23.6 Å². The number of furan rings is 1. The molecule has 0 fully saturated rings. The number of amides is 2. The van der Waals surface area contributed by atoms with Crippen LogP contribution in [0.15, 0.2) is 65.5 Å². The van der Waals surface area contributed by atoms with Crippen molar-refractivity contribution in [1.82, 2.24) is 20.4 Å². The van der Waals surface area contributed by atoms with Crippen LogP contribution in [0.4, 0.5) is 0 Å². The predicted octanol–water partition coefficient (Wildman–Crippen LogP) is 2.60. The van der Waals surface area contributed by atoms with E-state index < -0.39 is 11.9 Å². The van der Waals surface area contributed by atoms with Crippen LogP contribution in [-0.2, 0) is 17.9 Å². The molecule has 1 unspecified atom stereocenters. The van der Waals surface area contributed by atoms with E-state index in [0.29, 0.717) is 13.1 Å². The normalized spacial score (nSPS) is 12.0. The van der Waals surface area contributed by atoms with Crippen LogP contribution >= 0.6 is 0 Å². The standard InChI is InChI=1S/C21H24N4O3/c1-15(2)19(24-20(26)18-9-6-10-28-18)21(27)22-11-17-12-23-25(14-17)13-16-7-4-3-5-8-16/h3-10,12,14-15,19H,11,13H2,1-2H3,(H,22,27)(H,24,26). The number of aromatic nitrogens is 2. The predicted molar refractivity (Wildman–Crippen MR) is 104 cm³/mol. The average Bonchev–Trinajstić information content (AvgIpc) is 3.37.